The van der Waals surface area contributed by atoms with Gasteiger partial charge in [0.2, 0.25) is 5.91 Å². The van der Waals surface area contributed by atoms with Gasteiger partial charge in [-0.05, 0) is 23.7 Å². The first kappa shape index (κ1) is 14.4. The predicted octanol–water partition coefficient (Wildman–Crippen LogP) is 3.83. The summed E-state index contributed by atoms with van der Waals surface area (Å²) in [5.74, 6) is 0.540. The van der Waals surface area contributed by atoms with E-state index < -0.39 is 0 Å². The van der Waals surface area contributed by atoms with Crippen LogP contribution < -0.4 is 0 Å². The van der Waals surface area contributed by atoms with Crippen molar-refractivity contribution in [3.05, 3.63) is 0 Å². The molecule has 0 saturated heterocycles. The van der Waals surface area contributed by atoms with E-state index in [0.717, 1.165) is 6.42 Å². The zero-order valence-corrected chi connectivity index (χ0v) is 13.9. The molecule has 2 rings (SSSR count). The standard InChI is InChI=1S/C15H26BrNO/c1-14(2)12(15(14,3)4)13(18)17(5)11-9-7-6-8-10(11)16/h10-12H,6-9H2,1-5H3. The average Bonchev–Trinajstić information content (AvgIpc) is 2.68. The van der Waals surface area contributed by atoms with E-state index in [1.807, 2.05) is 11.9 Å². The molecule has 0 heterocycles. The number of rotatable bonds is 2. The Morgan fingerprint density at radius 3 is 2.06 bits per heavy atom. The van der Waals surface area contributed by atoms with Crippen molar-refractivity contribution in [3.63, 3.8) is 0 Å². The van der Waals surface area contributed by atoms with Gasteiger partial charge in [0.1, 0.15) is 0 Å². The van der Waals surface area contributed by atoms with Gasteiger partial charge in [0.15, 0.2) is 0 Å². The van der Waals surface area contributed by atoms with Gasteiger partial charge < -0.3 is 4.90 Å². The van der Waals surface area contributed by atoms with E-state index in [2.05, 4.69) is 43.6 Å². The molecule has 2 saturated carbocycles. The summed E-state index contributed by atoms with van der Waals surface area (Å²) in [7, 11) is 2.00. The molecule has 0 bridgehead atoms. The van der Waals surface area contributed by atoms with Gasteiger partial charge in [-0.2, -0.15) is 0 Å². The summed E-state index contributed by atoms with van der Waals surface area (Å²) in [6.45, 7) is 8.87. The minimum absolute atomic E-state index is 0.148. The van der Waals surface area contributed by atoms with E-state index in [9.17, 15) is 4.79 Å². The van der Waals surface area contributed by atoms with Crippen LogP contribution in [0.5, 0.6) is 0 Å². The van der Waals surface area contributed by atoms with E-state index in [-0.39, 0.29) is 16.7 Å². The third kappa shape index (κ3) is 2.03. The first-order chi connectivity index (χ1) is 8.21. The SMILES string of the molecule is CN(C(=O)C1C(C)(C)C1(C)C)C1CCCCC1Br. The third-order valence-corrected chi connectivity index (χ3v) is 6.83. The second-order valence-electron chi connectivity index (χ2n) is 7.19. The van der Waals surface area contributed by atoms with Crippen LogP contribution >= 0.6 is 15.9 Å². The lowest BCUT2D eigenvalue weighted by molar-refractivity contribution is -0.135. The first-order valence-corrected chi connectivity index (χ1v) is 8.03. The molecule has 1 amide bonds. The maximum absolute atomic E-state index is 12.7. The lowest BCUT2D eigenvalue weighted by Crippen LogP contribution is -2.45. The zero-order valence-electron chi connectivity index (χ0n) is 12.3. The Hall–Kier alpha value is -0.0500. The Morgan fingerprint density at radius 2 is 1.61 bits per heavy atom. The van der Waals surface area contributed by atoms with Gasteiger partial charge in [0.05, 0.1) is 0 Å². The van der Waals surface area contributed by atoms with Crippen LogP contribution in [0.2, 0.25) is 0 Å². The third-order valence-electron chi connectivity index (χ3n) is 5.76. The number of carbonyl (C=O) groups excluding carboxylic acids is 1. The van der Waals surface area contributed by atoms with Crippen LogP contribution in [0.3, 0.4) is 0 Å². The molecule has 18 heavy (non-hydrogen) atoms. The summed E-state index contributed by atoms with van der Waals surface area (Å²) in [5, 5.41) is 0. The topological polar surface area (TPSA) is 20.3 Å². The monoisotopic (exact) mass is 315 g/mol. The van der Waals surface area contributed by atoms with E-state index >= 15 is 0 Å². The van der Waals surface area contributed by atoms with Crippen molar-refractivity contribution in [1.29, 1.82) is 0 Å². The summed E-state index contributed by atoms with van der Waals surface area (Å²) in [6.07, 6.45) is 4.88. The molecular weight excluding hydrogens is 290 g/mol. The largest absolute Gasteiger partial charge is 0.341 e. The molecule has 2 unspecified atom stereocenters. The Kier molecular flexibility index (Phi) is 3.59. The van der Waals surface area contributed by atoms with Gasteiger partial charge in [-0.1, -0.05) is 56.5 Å². The van der Waals surface area contributed by atoms with Crippen molar-refractivity contribution in [2.24, 2.45) is 16.7 Å². The Morgan fingerprint density at radius 1 is 1.11 bits per heavy atom. The number of nitrogens with zero attached hydrogens (tertiary/aromatic N) is 1. The molecule has 0 spiro atoms. The van der Waals surface area contributed by atoms with Gasteiger partial charge in [-0.15, -0.1) is 0 Å². The molecule has 2 aliphatic rings. The summed E-state index contributed by atoms with van der Waals surface area (Å²) >= 11 is 3.76. The highest BCUT2D eigenvalue weighted by Crippen LogP contribution is 2.68. The number of hydrogen-bond donors (Lipinski definition) is 0. The molecule has 2 aliphatic carbocycles. The molecule has 0 aliphatic heterocycles. The van der Waals surface area contributed by atoms with Crippen molar-refractivity contribution >= 4 is 21.8 Å². The number of carbonyl (C=O) groups is 1. The predicted molar refractivity (Wildman–Crippen MR) is 78.8 cm³/mol. The second-order valence-corrected chi connectivity index (χ2v) is 8.37. The second kappa shape index (κ2) is 4.50. The van der Waals surface area contributed by atoms with E-state index in [1.165, 1.54) is 19.3 Å². The van der Waals surface area contributed by atoms with Gasteiger partial charge in [0.25, 0.3) is 0 Å². The molecule has 0 aromatic carbocycles. The Bertz CT molecular complexity index is 336. The van der Waals surface area contributed by atoms with Crippen molar-refractivity contribution < 1.29 is 4.79 Å². The Balaban J connectivity index is 2.06. The minimum atomic E-state index is 0.148. The lowest BCUT2D eigenvalue weighted by Gasteiger charge is -2.35. The number of alkyl halides is 1. The van der Waals surface area contributed by atoms with E-state index in [4.69, 9.17) is 0 Å². The van der Waals surface area contributed by atoms with Crippen LogP contribution in [-0.4, -0.2) is 28.7 Å². The van der Waals surface area contributed by atoms with Crippen LogP contribution in [0.25, 0.3) is 0 Å². The maximum Gasteiger partial charge on any atom is 0.226 e. The number of halogens is 1. The quantitative estimate of drug-likeness (QED) is 0.709. The van der Waals surface area contributed by atoms with Gasteiger partial charge in [-0.25, -0.2) is 0 Å². The molecule has 2 nitrogen and oxygen atoms in total. The van der Waals surface area contributed by atoms with Crippen LogP contribution in [0.15, 0.2) is 0 Å². The van der Waals surface area contributed by atoms with Gasteiger partial charge in [0, 0.05) is 23.8 Å². The highest BCUT2D eigenvalue weighted by Gasteiger charge is 2.68. The van der Waals surface area contributed by atoms with Crippen LogP contribution in [0.1, 0.15) is 53.4 Å². The zero-order chi connectivity index (χ0) is 13.7. The molecule has 0 radical (unpaired) electrons. The van der Waals surface area contributed by atoms with Crippen LogP contribution in [0.4, 0.5) is 0 Å². The van der Waals surface area contributed by atoms with Crippen molar-refractivity contribution in [1.82, 2.24) is 4.90 Å². The van der Waals surface area contributed by atoms with E-state index in [0.29, 0.717) is 16.8 Å². The van der Waals surface area contributed by atoms with Crippen LogP contribution in [-0.2, 0) is 4.79 Å². The van der Waals surface area contributed by atoms with Crippen molar-refractivity contribution in [2.45, 2.75) is 64.2 Å². The lowest BCUT2D eigenvalue weighted by atomic mass is 9.93. The highest BCUT2D eigenvalue weighted by molar-refractivity contribution is 9.09. The number of hydrogen-bond acceptors (Lipinski definition) is 1. The molecule has 0 aromatic heterocycles. The fraction of sp³-hybridized carbons (Fsp3) is 0.933. The molecule has 2 fully saturated rings. The smallest absolute Gasteiger partial charge is 0.226 e. The molecule has 2 atom stereocenters. The van der Waals surface area contributed by atoms with Gasteiger partial charge >= 0.3 is 0 Å². The Labute approximate surface area is 120 Å². The van der Waals surface area contributed by atoms with E-state index in [1.54, 1.807) is 0 Å². The maximum atomic E-state index is 12.7. The number of amides is 1. The first-order valence-electron chi connectivity index (χ1n) is 7.12. The average molecular weight is 316 g/mol. The molecule has 104 valence electrons. The summed E-state index contributed by atoms with van der Waals surface area (Å²) in [5.41, 5.74) is 0.295. The van der Waals surface area contributed by atoms with Crippen molar-refractivity contribution in [3.8, 4) is 0 Å². The van der Waals surface area contributed by atoms with Crippen LogP contribution in [0, 0.1) is 16.7 Å². The van der Waals surface area contributed by atoms with Gasteiger partial charge in [-0.3, -0.25) is 4.79 Å². The fourth-order valence-corrected chi connectivity index (χ4v) is 4.63. The highest BCUT2D eigenvalue weighted by atomic mass is 79.9. The minimum Gasteiger partial charge on any atom is -0.341 e. The summed E-state index contributed by atoms with van der Waals surface area (Å²) in [4.78, 5) is 15.2. The summed E-state index contributed by atoms with van der Waals surface area (Å²) < 4.78 is 0. The molecule has 3 heteroatoms. The molecule has 0 aromatic rings. The molecule has 0 N–H and O–H groups in total. The summed E-state index contributed by atoms with van der Waals surface area (Å²) in [6, 6.07) is 0.387. The fourth-order valence-electron chi connectivity index (χ4n) is 3.68. The van der Waals surface area contributed by atoms with Crippen molar-refractivity contribution in [2.75, 3.05) is 7.05 Å². The normalized spacial score (nSPS) is 34.1. The molecular formula is C15H26BrNO.